The van der Waals surface area contributed by atoms with Gasteiger partial charge in [0.25, 0.3) is 0 Å². The third kappa shape index (κ3) is 3.93. The van der Waals surface area contributed by atoms with Crippen molar-refractivity contribution in [3.63, 3.8) is 0 Å². The summed E-state index contributed by atoms with van der Waals surface area (Å²) in [5.74, 6) is 1.75. The lowest BCUT2D eigenvalue weighted by atomic mass is 10.3. The predicted octanol–water partition coefficient (Wildman–Crippen LogP) is 3.82. The van der Waals surface area contributed by atoms with Gasteiger partial charge in [-0.3, -0.25) is 9.36 Å². The van der Waals surface area contributed by atoms with Crippen LogP contribution in [0, 0.1) is 0 Å². The Morgan fingerprint density at radius 2 is 1.89 bits per heavy atom. The molecule has 2 aromatic carbocycles. The van der Waals surface area contributed by atoms with Crippen LogP contribution in [0.15, 0.2) is 53.7 Å². The third-order valence-corrected chi connectivity index (χ3v) is 5.55. The molecule has 1 aliphatic heterocycles. The number of carbonyl (C=O) groups excluding carboxylic acids is 1. The van der Waals surface area contributed by atoms with E-state index in [2.05, 4.69) is 20.4 Å². The van der Waals surface area contributed by atoms with Crippen molar-refractivity contribution >= 4 is 46.6 Å². The number of benzene rings is 2. The van der Waals surface area contributed by atoms with Crippen molar-refractivity contribution in [3.8, 4) is 5.75 Å². The molecule has 0 saturated carbocycles. The van der Waals surface area contributed by atoms with Gasteiger partial charge in [-0.1, -0.05) is 23.4 Å². The summed E-state index contributed by atoms with van der Waals surface area (Å²) in [6, 6.07) is 14.9. The van der Waals surface area contributed by atoms with Crippen LogP contribution in [0.1, 0.15) is 0 Å². The highest BCUT2D eigenvalue weighted by Crippen LogP contribution is 2.32. The summed E-state index contributed by atoms with van der Waals surface area (Å²) >= 11 is 7.23. The summed E-state index contributed by atoms with van der Waals surface area (Å²) in [5.41, 5.74) is 1.75. The molecule has 2 heterocycles. The predicted molar refractivity (Wildman–Crippen MR) is 111 cm³/mol. The Bertz CT molecular complexity index is 975. The van der Waals surface area contributed by atoms with Crippen LogP contribution in [0.2, 0.25) is 5.02 Å². The molecule has 0 fully saturated rings. The number of anilines is 3. The van der Waals surface area contributed by atoms with Crippen LogP contribution in [0.25, 0.3) is 0 Å². The first kappa shape index (κ1) is 18.6. The first-order valence-electron chi connectivity index (χ1n) is 8.67. The Morgan fingerprint density at radius 1 is 1.14 bits per heavy atom. The van der Waals surface area contributed by atoms with Crippen molar-refractivity contribution < 1.29 is 9.53 Å². The molecule has 0 unspecified atom stereocenters. The van der Waals surface area contributed by atoms with E-state index in [4.69, 9.17) is 16.3 Å². The van der Waals surface area contributed by atoms with Crippen molar-refractivity contribution in [3.05, 3.63) is 53.6 Å². The zero-order valence-corrected chi connectivity index (χ0v) is 16.7. The van der Waals surface area contributed by atoms with Crippen LogP contribution in [-0.2, 0) is 11.3 Å². The Kier molecular flexibility index (Phi) is 5.40. The van der Waals surface area contributed by atoms with Gasteiger partial charge in [0, 0.05) is 29.5 Å². The fourth-order valence-corrected chi connectivity index (χ4v) is 3.84. The Labute approximate surface area is 171 Å². The van der Waals surface area contributed by atoms with Gasteiger partial charge in [0.15, 0.2) is 5.16 Å². The maximum absolute atomic E-state index is 12.2. The minimum Gasteiger partial charge on any atom is -0.497 e. The second-order valence-electron chi connectivity index (χ2n) is 6.13. The molecule has 1 aromatic heterocycles. The standard InChI is InChI=1S/C19H18ClN5O2S/c1-27-16-8-6-15(7-9-16)24-10-11-25-18(24)22-23-19(25)28-12-17(26)21-14-4-2-13(20)3-5-14/h2-9H,10-12H2,1H3,(H,21,26). The molecule has 0 radical (unpaired) electrons. The number of ether oxygens (including phenoxy) is 1. The number of rotatable bonds is 6. The molecule has 144 valence electrons. The van der Waals surface area contributed by atoms with E-state index in [-0.39, 0.29) is 11.7 Å². The molecule has 3 aromatic rings. The summed E-state index contributed by atoms with van der Waals surface area (Å²) in [5, 5.41) is 12.8. The van der Waals surface area contributed by atoms with Gasteiger partial charge in [-0.05, 0) is 48.5 Å². The van der Waals surface area contributed by atoms with Crippen molar-refractivity contribution in [2.75, 3.05) is 29.6 Å². The van der Waals surface area contributed by atoms with Gasteiger partial charge >= 0.3 is 0 Å². The summed E-state index contributed by atoms with van der Waals surface area (Å²) in [7, 11) is 1.65. The molecule has 0 atom stereocenters. The SMILES string of the molecule is COc1ccc(N2CCn3c(SCC(=O)Nc4ccc(Cl)cc4)nnc32)cc1. The number of nitrogens with zero attached hydrogens (tertiary/aromatic N) is 4. The van der Waals surface area contributed by atoms with Crippen molar-refractivity contribution in [1.82, 2.24) is 14.8 Å². The highest BCUT2D eigenvalue weighted by molar-refractivity contribution is 7.99. The Balaban J connectivity index is 1.39. The number of hydrogen-bond donors (Lipinski definition) is 1. The minimum atomic E-state index is -0.102. The number of methoxy groups -OCH3 is 1. The number of hydrogen-bond acceptors (Lipinski definition) is 6. The molecule has 0 bridgehead atoms. The van der Waals surface area contributed by atoms with Crippen LogP contribution in [0.5, 0.6) is 5.75 Å². The van der Waals surface area contributed by atoms with E-state index in [0.29, 0.717) is 10.7 Å². The summed E-state index contributed by atoms with van der Waals surface area (Å²) in [6.07, 6.45) is 0. The van der Waals surface area contributed by atoms with Crippen LogP contribution in [-0.4, -0.2) is 40.1 Å². The maximum Gasteiger partial charge on any atom is 0.234 e. The van der Waals surface area contributed by atoms with Gasteiger partial charge in [0.05, 0.1) is 12.9 Å². The lowest BCUT2D eigenvalue weighted by Crippen LogP contribution is -2.14. The van der Waals surface area contributed by atoms with Gasteiger partial charge in [-0.25, -0.2) is 0 Å². The Morgan fingerprint density at radius 3 is 2.61 bits per heavy atom. The molecule has 9 heteroatoms. The normalized spacial score (nSPS) is 12.7. The Hall–Kier alpha value is -2.71. The van der Waals surface area contributed by atoms with Gasteiger partial charge in [0.1, 0.15) is 5.75 Å². The number of halogens is 1. The molecule has 1 aliphatic rings. The molecule has 1 amide bonds. The van der Waals surface area contributed by atoms with E-state index >= 15 is 0 Å². The highest BCUT2D eigenvalue weighted by Gasteiger charge is 2.26. The zero-order valence-electron chi connectivity index (χ0n) is 15.1. The fraction of sp³-hybridized carbons (Fsp3) is 0.211. The minimum absolute atomic E-state index is 0.102. The first-order valence-corrected chi connectivity index (χ1v) is 10.0. The topological polar surface area (TPSA) is 72.3 Å². The average molecular weight is 416 g/mol. The number of thioether (sulfide) groups is 1. The quantitative estimate of drug-likeness (QED) is 0.617. The van der Waals surface area contributed by atoms with Crippen molar-refractivity contribution in [2.45, 2.75) is 11.7 Å². The van der Waals surface area contributed by atoms with Crippen LogP contribution < -0.4 is 15.0 Å². The maximum atomic E-state index is 12.2. The molecule has 0 spiro atoms. The molecule has 4 rings (SSSR count). The molecular formula is C19H18ClN5O2S. The van der Waals surface area contributed by atoms with Gasteiger partial charge in [-0.15, -0.1) is 10.2 Å². The number of fused-ring (bicyclic) bond motifs is 1. The summed E-state index contributed by atoms with van der Waals surface area (Å²) < 4.78 is 7.24. The fourth-order valence-electron chi connectivity index (χ4n) is 2.95. The third-order valence-electron chi connectivity index (χ3n) is 4.33. The van der Waals surface area contributed by atoms with Crippen LogP contribution in [0.4, 0.5) is 17.3 Å². The number of carbonyl (C=O) groups is 1. The number of aromatic nitrogens is 3. The number of amides is 1. The van der Waals surface area contributed by atoms with E-state index in [1.807, 2.05) is 28.8 Å². The molecular weight excluding hydrogens is 398 g/mol. The van der Waals surface area contributed by atoms with E-state index in [0.717, 1.165) is 35.6 Å². The zero-order chi connectivity index (χ0) is 19.5. The second kappa shape index (κ2) is 8.12. The smallest absolute Gasteiger partial charge is 0.234 e. The van der Waals surface area contributed by atoms with E-state index < -0.39 is 0 Å². The molecule has 1 N–H and O–H groups in total. The van der Waals surface area contributed by atoms with Gasteiger partial charge < -0.3 is 15.0 Å². The van der Waals surface area contributed by atoms with Crippen molar-refractivity contribution in [2.24, 2.45) is 0 Å². The van der Waals surface area contributed by atoms with Gasteiger partial charge in [-0.2, -0.15) is 0 Å². The average Bonchev–Trinajstić information content (AvgIpc) is 3.31. The monoisotopic (exact) mass is 415 g/mol. The van der Waals surface area contributed by atoms with Crippen LogP contribution >= 0.6 is 23.4 Å². The van der Waals surface area contributed by atoms with E-state index in [1.165, 1.54) is 11.8 Å². The first-order chi connectivity index (χ1) is 13.6. The highest BCUT2D eigenvalue weighted by atomic mass is 35.5. The largest absolute Gasteiger partial charge is 0.497 e. The van der Waals surface area contributed by atoms with Gasteiger partial charge in [0.2, 0.25) is 11.9 Å². The second-order valence-corrected chi connectivity index (χ2v) is 7.51. The van der Waals surface area contributed by atoms with E-state index in [1.54, 1.807) is 31.4 Å². The van der Waals surface area contributed by atoms with Crippen molar-refractivity contribution in [1.29, 1.82) is 0 Å². The summed E-state index contributed by atoms with van der Waals surface area (Å²) in [6.45, 7) is 1.58. The molecule has 7 nitrogen and oxygen atoms in total. The lowest BCUT2D eigenvalue weighted by molar-refractivity contribution is -0.113. The lowest BCUT2D eigenvalue weighted by Gasteiger charge is -2.15. The van der Waals surface area contributed by atoms with E-state index in [9.17, 15) is 4.79 Å². The molecule has 0 aliphatic carbocycles. The number of nitrogens with one attached hydrogen (secondary N) is 1. The summed E-state index contributed by atoms with van der Waals surface area (Å²) in [4.78, 5) is 14.3. The molecule has 0 saturated heterocycles. The van der Waals surface area contributed by atoms with Crippen LogP contribution in [0.3, 0.4) is 0 Å². The molecule has 28 heavy (non-hydrogen) atoms.